The molecule has 0 atom stereocenters. The number of methoxy groups -OCH3 is 1. The third kappa shape index (κ3) is 5.19. The van der Waals surface area contributed by atoms with Crippen LogP contribution in [0, 0.1) is 0 Å². The number of rotatable bonds is 7. The fourth-order valence-electron chi connectivity index (χ4n) is 2.02. The molecule has 0 aromatic heterocycles. The first kappa shape index (κ1) is 17.2. The van der Waals surface area contributed by atoms with E-state index in [1.807, 2.05) is 30.3 Å². The van der Waals surface area contributed by atoms with E-state index in [2.05, 4.69) is 4.74 Å². The van der Waals surface area contributed by atoms with Crippen LogP contribution in [0.4, 0.5) is 0 Å². The summed E-state index contributed by atoms with van der Waals surface area (Å²) in [7, 11) is 1.32. The van der Waals surface area contributed by atoms with Gasteiger partial charge in [-0.15, -0.1) is 0 Å². The predicted molar refractivity (Wildman–Crippen MR) is 79.7 cm³/mol. The van der Waals surface area contributed by atoms with Crippen LogP contribution < -0.4 is 0 Å². The van der Waals surface area contributed by atoms with Gasteiger partial charge in [-0.1, -0.05) is 30.3 Å². The van der Waals surface area contributed by atoms with Crippen molar-refractivity contribution in [2.45, 2.75) is 32.2 Å². The molecule has 1 rings (SSSR count). The zero-order valence-electron chi connectivity index (χ0n) is 12.8. The molecular formula is C16H23NO4. The molecule has 1 aromatic rings. The Hall–Kier alpha value is -1.88. The molecule has 0 aliphatic carbocycles. The zero-order valence-corrected chi connectivity index (χ0v) is 12.8. The molecule has 0 spiro atoms. The number of carbonyl (C=O) groups excluding carboxylic acids is 2. The van der Waals surface area contributed by atoms with Gasteiger partial charge in [0.2, 0.25) is 5.91 Å². The van der Waals surface area contributed by atoms with Gasteiger partial charge in [-0.25, -0.2) is 0 Å². The van der Waals surface area contributed by atoms with Crippen molar-refractivity contribution in [3.63, 3.8) is 0 Å². The maximum atomic E-state index is 12.5. The second kappa shape index (κ2) is 7.78. The Morgan fingerprint density at radius 1 is 1.24 bits per heavy atom. The fraction of sp³-hybridized carbons (Fsp3) is 0.500. The molecular weight excluding hydrogens is 270 g/mol. The van der Waals surface area contributed by atoms with E-state index in [0.717, 1.165) is 5.56 Å². The highest BCUT2D eigenvalue weighted by Gasteiger charge is 2.30. The van der Waals surface area contributed by atoms with E-state index in [1.165, 1.54) is 12.0 Å². The monoisotopic (exact) mass is 293 g/mol. The molecule has 21 heavy (non-hydrogen) atoms. The van der Waals surface area contributed by atoms with Crippen LogP contribution in [0.25, 0.3) is 0 Å². The van der Waals surface area contributed by atoms with Gasteiger partial charge in [0.1, 0.15) is 0 Å². The highest BCUT2D eigenvalue weighted by molar-refractivity contribution is 5.80. The Morgan fingerprint density at radius 2 is 1.86 bits per heavy atom. The molecule has 0 unspecified atom stereocenters. The predicted octanol–water partition coefficient (Wildman–Crippen LogP) is 1.39. The summed E-state index contributed by atoms with van der Waals surface area (Å²) in [5.41, 5.74) is 0.180. The van der Waals surface area contributed by atoms with E-state index in [1.54, 1.807) is 13.8 Å². The van der Waals surface area contributed by atoms with Gasteiger partial charge in [0.05, 0.1) is 32.1 Å². The summed E-state index contributed by atoms with van der Waals surface area (Å²) in [4.78, 5) is 25.3. The SMILES string of the molecule is COC(=O)CCN(C(=O)Cc1ccccc1)C(C)(C)CO. The molecule has 5 heteroatoms. The van der Waals surface area contributed by atoms with Crippen molar-refractivity contribution < 1.29 is 19.4 Å². The van der Waals surface area contributed by atoms with Crippen LogP contribution in [0.2, 0.25) is 0 Å². The molecule has 1 amide bonds. The van der Waals surface area contributed by atoms with Gasteiger partial charge in [-0.2, -0.15) is 0 Å². The second-order valence-corrected chi connectivity index (χ2v) is 5.50. The average Bonchev–Trinajstić information content (AvgIpc) is 2.47. The van der Waals surface area contributed by atoms with Gasteiger partial charge in [0.25, 0.3) is 0 Å². The van der Waals surface area contributed by atoms with E-state index in [4.69, 9.17) is 0 Å². The number of hydrogen-bond donors (Lipinski definition) is 1. The van der Waals surface area contributed by atoms with Crippen molar-refractivity contribution in [2.24, 2.45) is 0 Å². The van der Waals surface area contributed by atoms with Gasteiger partial charge < -0.3 is 14.7 Å². The average molecular weight is 293 g/mol. The van der Waals surface area contributed by atoms with E-state index in [0.29, 0.717) is 0 Å². The molecule has 0 saturated carbocycles. The lowest BCUT2D eigenvalue weighted by atomic mass is 10.0. The Morgan fingerprint density at radius 3 is 2.38 bits per heavy atom. The molecule has 0 radical (unpaired) electrons. The number of nitrogens with zero attached hydrogens (tertiary/aromatic N) is 1. The lowest BCUT2D eigenvalue weighted by molar-refractivity contribution is -0.143. The van der Waals surface area contributed by atoms with E-state index >= 15 is 0 Å². The molecule has 0 fully saturated rings. The Bertz CT molecular complexity index is 470. The van der Waals surface area contributed by atoms with Crippen molar-refractivity contribution in [1.29, 1.82) is 0 Å². The first-order chi connectivity index (χ1) is 9.90. The molecule has 0 aliphatic heterocycles. The maximum Gasteiger partial charge on any atom is 0.307 e. The largest absolute Gasteiger partial charge is 0.469 e. The van der Waals surface area contributed by atoms with Crippen LogP contribution >= 0.6 is 0 Å². The summed E-state index contributed by atoms with van der Waals surface area (Å²) in [6.07, 6.45) is 0.353. The lowest BCUT2D eigenvalue weighted by Crippen LogP contribution is -2.51. The second-order valence-electron chi connectivity index (χ2n) is 5.50. The van der Waals surface area contributed by atoms with Gasteiger partial charge in [-0.05, 0) is 19.4 Å². The molecule has 0 heterocycles. The van der Waals surface area contributed by atoms with Crippen LogP contribution in [0.15, 0.2) is 30.3 Å². The zero-order chi connectivity index (χ0) is 15.9. The highest BCUT2D eigenvalue weighted by Crippen LogP contribution is 2.16. The van der Waals surface area contributed by atoms with Crippen molar-refractivity contribution in [3.05, 3.63) is 35.9 Å². The summed E-state index contributed by atoms with van der Waals surface area (Å²) in [5.74, 6) is -0.495. The van der Waals surface area contributed by atoms with Crippen LogP contribution in [0.1, 0.15) is 25.8 Å². The molecule has 0 aliphatic rings. The number of hydrogen-bond acceptors (Lipinski definition) is 4. The fourth-order valence-corrected chi connectivity index (χ4v) is 2.02. The normalized spacial score (nSPS) is 11.0. The molecule has 0 saturated heterocycles. The van der Waals surface area contributed by atoms with Gasteiger partial charge in [0, 0.05) is 6.54 Å². The number of aliphatic hydroxyl groups is 1. The number of amides is 1. The van der Waals surface area contributed by atoms with Gasteiger partial charge >= 0.3 is 5.97 Å². The highest BCUT2D eigenvalue weighted by atomic mass is 16.5. The molecule has 116 valence electrons. The molecule has 5 nitrogen and oxygen atoms in total. The van der Waals surface area contributed by atoms with E-state index in [-0.39, 0.29) is 37.9 Å². The van der Waals surface area contributed by atoms with Crippen LogP contribution in [0.3, 0.4) is 0 Å². The minimum absolute atomic E-state index is 0.112. The molecule has 1 aromatic carbocycles. The number of benzene rings is 1. The van der Waals surface area contributed by atoms with Crippen molar-refractivity contribution in [2.75, 3.05) is 20.3 Å². The smallest absolute Gasteiger partial charge is 0.307 e. The summed E-state index contributed by atoms with van der Waals surface area (Å²) in [6, 6.07) is 9.39. The Labute approximate surface area is 125 Å². The van der Waals surface area contributed by atoms with Crippen molar-refractivity contribution >= 4 is 11.9 Å². The van der Waals surface area contributed by atoms with Gasteiger partial charge in [0.15, 0.2) is 0 Å². The van der Waals surface area contributed by atoms with Crippen molar-refractivity contribution in [3.8, 4) is 0 Å². The summed E-state index contributed by atoms with van der Waals surface area (Å²) in [6.45, 7) is 3.60. The number of esters is 1. The summed E-state index contributed by atoms with van der Waals surface area (Å²) >= 11 is 0. The maximum absolute atomic E-state index is 12.5. The lowest BCUT2D eigenvalue weighted by Gasteiger charge is -2.37. The minimum Gasteiger partial charge on any atom is -0.469 e. The van der Waals surface area contributed by atoms with Crippen LogP contribution in [0.5, 0.6) is 0 Å². The van der Waals surface area contributed by atoms with Gasteiger partial charge in [-0.3, -0.25) is 9.59 Å². The number of ether oxygens (including phenoxy) is 1. The van der Waals surface area contributed by atoms with Crippen LogP contribution in [-0.2, 0) is 20.7 Å². The summed E-state index contributed by atoms with van der Waals surface area (Å²) in [5, 5.41) is 9.49. The Balaban J connectivity index is 2.80. The quantitative estimate of drug-likeness (QED) is 0.772. The number of aliphatic hydroxyl groups excluding tert-OH is 1. The third-order valence-electron chi connectivity index (χ3n) is 3.38. The molecule has 1 N–H and O–H groups in total. The van der Waals surface area contributed by atoms with E-state index < -0.39 is 5.54 Å². The molecule has 0 bridgehead atoms. The van der Waals surface area contributed by atoms with E-state index in [9.17, 15) is 14.7 Å². The first-order valence-corrected chi connectivity index (χ1v) is 6.93. The standard InChI is InChI=1S/C16H23NO4/c1-16(2,12-18)17(10-9-15(20)21-3)14(19)11-13-7-5-4-6-8-13/h4-8,18H,9-12H2,1-3H3. The topological polar surface area (TPSA) is 66.8 Å². The van der Waals surface area contributed by atoms with Crippen LogP contribution in [-0.4, -0.2) is 47.7 Å². The summed E-state index contributed by atoms with van der Waals surface area (Å²) < 4.78 is 4.61. The number of carbonyl (C=O) groups is 2. The Kier molecular flexibility index (Phi) is 6.37. The third-order valence-corrected chi connectivity index (χ3v) is 3.38. The minimum atomic E-state index is -0.722. The van der Waals surface area contributed by atoms with Crippen molar-refractivity contribution in [1.82, 2.24) is 4.90 Å². The first-order valence-electron chi connectivity index (χ1n) is 6.93.